The van der Waals surface area contributed by atoms with E-state index in [1.165, 1.54) is 16.7 Å². The van der Waals surface area contributed by atoms with Gasteiger partial charge in [0.25, 0.3) is 5.91 Å². The van der Waals surface area contributed by atoms with Gasteiger partial charge in [-0.15, -0.1) is 0 Å². The number of hydrogen-bond acceptors (Lipinski definition) is 5. The highest BCUT2D eigenvalue weighted by atomic mass is 79.9. The number of halogens is 2. The summed E-state index contributed by atoms with van der Waals surface area (Å²) in [6, 6.07) is 22.4. The number of thioether (sulfide) groups is 1. The fraction of sp³-hybridized carbons (Fsp3) is 0.0833. The maximum Gasteiger partial charge on any atom is 0.270 e. The highest BCUT2D eigenvalue weighted by molar-refractivity contribution is 9.10. The minimum absolute atomic E-state index is 0.180. The number of rotatable bonds is 7. The van der Waals surface area contributed by atoms with Crippen molar-refractivity contribution >= 4 is 73.5 Å². The number of carbonyl (C=O) groups is 1. The lowest BCUT2D eigenvalue weighted by Gasteiger charge is -2.15. The zero-order chi connectivity index (χ0) is 22.5. The molecule has 0 aliphatic carbocycles. The highest BCUT2D eigenvalue weighted by Gasteiger charge is 2.33. The van der Waals surface area contributed by atoms with Crippen LogP contribution in [0.1, 0.15) is 5.56 Å². The van der Waals surface area contributed by atoms with Crippen molar-refractivity contribution in [2.45, 2.75) is 0 Å². The molecule has 0 N–H and O–H groups in total. The SMILES string of the molecule is O=C1C(=Cc2cccc(OCCOc3ccccc3)c2)SC(=S)N1c1ccc(Br)c(Cl)c1. The smallest absolute Gasteiger partial charge is 0.270 e. The molecule has 4 rings (SSSR count). The summed E-state index contributed by atoms with van der Waals surface area (Å²) in [7, 11) is 0. The second-order valence-electron chi connectivity index (χ2n) is 6.70. The molecule has 0 radical (unpaired) electrons. The van der Waals surface area contributed by atoms with Gasteiger partial charge in [-0.05, 0) is 70.0 Å². The molecule has 1 aliphatic heterocycles. The summed E-state index contributed by atoms with van der Waals surface area (Å²) in [5, 5.41) is 0.515. The Morgan fingerprint density at radius 2 is 1.69 bits per heavy atom. The van der Waals surface area contributed by atoms with Gasteiger partial charge in [-0.2, -0.15) is 0 Å². The molecule has 0 spiro atoms. The van der Waals surface area contributed by atoms with E-state index in [-0.39, 0.29) is 5.91 Å². The van der Waals surface area contributed by atoms with Crippen molar-refractivity contribution in [1.29, 1.82) is 0 Å². The minimum atomic E-state index is -0.180. The van der Waals surface area contributed by atoms with Gasteiger partial charge in [0, 0.05) is 4.47 Å². The first-order valence-electron chi connectivity index (χ1n) is 9.65. The molecule has 0 bridgehead atoms. The van der Waals surface area contributed by atoms with Crippen LogP contribution in [0.5, 0.6) is 11.5 Å². The van der Waals surface area contributed by atoms with Crippen molar-refractivity contribution in [2.24, 2.45) is 0 Å². The lowest BCUT2D eigenvalue weighted by molar-refractivity contribution is -0.113. The maximum absolute atomic E-state index is 13.0. The van der Waals surface area contributed by atoms with Gasteiger partial charge in [-0.25, -0.2) is 0 Å². The lowest BCUT2D eigenvalue weighted by Crippen LogP contribution is -2.27. The Morgan fingerprint density at radius 3 is 2.44 bits per heavy atom. The van der Waals surface area contributed by atoms with Crippen LogP contribution in [0.15, 0.2) is 82.2 Å². The molecule has 1 saturated heterocycles. The molecule has 3 aromatic carbocycles. The van der Waals surface area contributed by atoms with Crippen molar-refractivity contribution in [3.05, 3.63) is 92.8 Å². The molecule has 162 valence electrons. The average molecular weight is 547 g/mol. The van der Waals surface area contributed by atoms with Crippen LogP contribution < -0.4 is 14.4 Å². The van der Waals surface area contributed by atoms with E-state index in [0.29, 0.717) is 38.9 Å². The predicted octanol–water partition coefficient (Wildman–Crippen LogP) is 6.97. The van der Waals surface area contributed by atoms with Crippen molar-refractivity contribution in [3.8, 4) is 11.5 Å². The molecule has 3 aromatic rings. The Morgan fingerprint density at radius 1 is 0.969 bits per heavy atom. The third-order valence-electron chi connectivity index (χ3n) is 4.47. The number of carbonyl (C=O) groups excluding carboxylic acids is 1. The van der Waals surface area contributed by atoms with Crippen LogP contribution in [0.2, 0.25) is 5.02 Å². The minimum Gasteiger partial charge on any atom is -0.490 e. The van der Waals surface area contributed by atoms with Gasteiger partial charge in [0.2, 0.25) is 0 Å². The fourth-order valence-corrected chi connectivity index (χ4v) is 4.72. The van der Waals surface area contributed by atoms with Gasteiger partial charge >= 0.3 is 0 Å². The zero-order valence-corrected chi connectivity index (χ0v) is 20.6. The summed E-state index contributed by atoms with van der Waals surface area (Å²) in [5.74, 6) is 1.32. The van der Waals surface area contributed by atoms with E-state index in [1.807, 2.05) is 60.7 Å². The Bertz CT molecular complexity index is 1190. The number of para-hydroxylation sites is 1. The van der Waals surface area contributed by atoms with E-state index < -0.39 is 0 Å². The Balaban J connectivity index is 1.41. The fourth-order valence-electron chi connectivity index (χ4n) is 3.00. The molecule has 1 amide bonds. The Labute approximate surface area is 209 Å². The first-order valence-corrected chi connectivity index (χ1v) is 12.0. The summed E-state index contributed by atoms with van der Waals surface area (Å²) >= 11 is 16.2. The van der Waals surface area contributed by atoms with E-state index in [4.69, 9.17) is 33.3 Å². The van der Waals surface area contributed by atoms with Crippen LogP contribution in [0.25, 0.3) is 6.08 Å². The van der Waals surface area contributed by atoms with E-state index in [0.717, 1.165) is 15.8 Å². The first-order chi connectivity index (χ1) is 15.5. The standard InChI is InChI=1S/C24H17BrClNO3S2/c25-20-10-9-17(15-21(20)26)27-23(28)22(32-24(27)31)14-16-5-4-8-19(13-16)30-12-11-29-18-6-2-1-3-7-18/h1-10,13-15H,11-12H2. The summed E-state index contributed by atoms with van der Waals surface area (Å²) in [6.07, 6.45) is 1.81. The Kier molecular flexibility index (Phi) is 7.52. The predicted molar refractivity (Wildman–Crippen MR) is 139 cm³/mol. The quantitative estimate of drug-likeness (QED) is 0.182. The van der Waals surface area contributed by atoms with Crippen LogP contribution in [0.3, 0.4) is 0 Å². The number of ether oxygens (including phenoxy) is 2. The average Bonchev–Trinajstić information content (AvgIpc) is 3.07. The van der Waals surface area contributed by atoms with Crippen LogP contribution in [0.4, 0.5) is 5.69 Å². The third-order valence-corrected chi connectivity index (χ3v) is 7.01. The summed E-state index contributed by atoms with van der Waals surface area (Å²) in [6.45, 7) is 0.841. The molecule has 4 nitrogen and oxygen atoms in total. The van der Waals surface area contributed by atoms with Crippen LogP contribution in [-0.2, 0) is 4.79 Å². The molecule has 0 unspecified atom stereocenters. The molecule has 8 heteroatoms. The van der Waals surface area contributed by atoms with Crippen LogP contribution in [-0.4, -0.2) is 23.4 Å². The second-order valence-corrected chi connectivity index (χ2v) is 9.64. The molecular weight excluding hydrogens is 530 g/mol. The van der Waals surface area contributed by atoms with Crippen molar-refractivity contribution in [2.75, 3.05) is 18.1 Å². The van der Waals surface area contributed by atoms with Crippen molar-refractivity contribution < 1.29 is 14.3 Å². The summed E-state index contributed by atoms with van der Waals surface area (Å²) < 4.78 is 12.7. The molecule has 1 fully saturated rings. The number of hydrogen-bond donors (Lipinski definition) is 0. The lowest BCUT2D eigenvalue weighted by atomic mass is 10.2. The summed E-state index contributed by atoms with van der Waals surface area (Å²) in [5.41, 5.74) is 1.49. The number of nitrogens with zero attached hydrogens (tertiary/aromatic N) is 1. The number of benzene rings is 3. The maximum atomic E-state index is 13.0. The second kappa shape index (κ2) is 10.5. The van der Waals surface area contributed by atoms with Gasteiger partial charge in [-0.1, -0.05) is 65.9 Å². The van der Waals surface area contributed by atoms with Crippen LogP contribution >= 0.6 is 51.5 Å². The molecule has 0 aromatic heterocycles. The molecule has 1 heterocycles. The number of thiocarbonyl (C=S) groups is 1. The molecule has 0 saturated carbocycles. The molecule has 0 atom stereocenters. The van der Waals surface area contributed by atoms with Crippen LogP contribution in [0, 0.1) is 0 Å². The molecule has 32 heavy (non-hydrogen) atoms. The largest absolute Gasteiger partial charge is 0.490 e. The first kappa shape index (κ1) is 22.9. The van der Waals surface area contributed by atoms with E-state index in [1.54, 1.807) is 18.2 Å². The van der Waals surface area contributed by atoms with Gasteiger partial charge in [-0.3, -0.25) is 9.69 Å². The van der Waals surface area contributed by atoms with Crippen molar-refractivity contribution in [3.63, 3.8) is 0 Å². The van der Waals surface area contributed by atoms with E-state index in [2.05, 4.69) is 15.9 Å². The van der Waals surface area contributed by atoms with Gasteiger partial charge in [0.15, 0.2) is 4.32 Å². The highest BCUT2D eigenvalue weighted by Crippen LogP contribution is 2.38. The summed E-state index contributed by atoms with van der Waals surface area (Å²) in [4.78, 5) is 15.0. The van der Waals surface area contributed by atoms with Gasteiger partial charge in [0.1, 0.15) is 24.7 Å². The molecular formula is C24H17BrClNO3S2. The van der Waals surface area contributed by atoms with E-state index in [9.17, 15) is 4.79 Å². The number of amides is 1. The Hall–Kier alpha value is -2.32. The van der Waals surface area contributed by atoms with Gasteiger partial charge in [0.05, 0.1) is 15.6 Å². The molecule has 1 aliphatic rings. The normalized spacial score (nSPS) is 14.8. The van der Waals surface area contributed by atoms with Crippen molar-refractivity contribution in [1.82, 2.24) is 0 Å². The monoisotopic (exact) mass is 545 g/mol. The van der Waals surface area contributed by atoms with Gasteiger partial charge < -0.3 is 9.47 Å². The zero-order valence-electron chi connectivity index (χ0n) is 16.7. The number of anilines is 1. The van der Waals surface area contributed by atoms with E-state index >= 15 is 0 Å². The topological polar surface area (TPSA) is 38.8 Å². The third kappa shape index (κ3) is 5.53.